The van der Waals surface area contributed by atoms with Crippen molar-refractivity contribution in [1.29, 1.82) is 0 Å². The molecule has 0 saturated carbocycles. The van der Waals surface area contributed by atoms with E-state index in [1.54, 1.807) is 4.90 Å². The van der Waals surface area contributed by atoms with Crippen LogP contribution in [0.4, 0.5) is 4.79 Å². The molecule has 172 valence electrons. The van der Waals surface area contributed by atoms with Crippen molar-refractivity contribution in [3.8, 4) is 11.1 Å². The van der Waals surface area contributed by atoms with Crippen molar-refractivity contribution >= 4 is 18.0 Å². The van der Waals surface area contributed by atoms with Crippen molar-refractivity contribution in [2.24, 2.45) is 0 Å². The first-order valence-corrected chi connectivity index (χ1v) is 11.2. The third-order valence-corrected chi connectivity index (χ3v) is 6.22. The molecule has 2 N–H and O–H groups in total. The van der Waals surface area contributed by atoms with Crippen LogP contribution >= 0.6 is 0 Å². The zero-order valence-corrected chi connectivity index (χ0v) is 18.6. The van der Waals surface area contributed by atoms with Crippen LogP contribution in [-0.4, -0.2) is 53.7 Å². The highest BCUT2D eigenvalue weighted by atomic mass is 16.5. The third kappa shape index (κ3) is 5.08. The summed E-state index contributed by atoms with van der Waals surface area (Å²) in [5, 5.41) is 11.7. The number of hydrogen-bond donors (Lipinski definition) is 2. The van der Waals surface area contributed by atoms with Crippen molar-refractivity contribution in [2.75, 3.05) is 19.7 Å². The van der Waals surface area contributed by atoms with Gasteiger partial charge in [-0.25, -0.2) is 4.79 Å². The van der Waals surface area contributed by atoms with Crippen LogP contribution in [0.3, 0.4) is 0 Å². The van der Waals surface area contributed by atoms with E-state index in [0.717, 1.165) is 34.2 Å². The minimum Gasteiger partial charge on any atom is -0.481 e. The van der Waals surface area contributed by atoms with E-state index in [2.05, 4.69) is 23.5 Å². The van der Waals surface area contributed by atoms with Gasteiger partial charge in [-0.3, -0.25) is 9.59 Å². The van der Waals surface area contributed by atoms with E-state index >= 15 is 0 Å². The quantitative estimate of drug-likeness (QED) is 0.626. The maximum absolute atomic E-state index is 13.0. The molecule has 4 rings (SSSR count). The molecule has 1 heterocycles. The minimum absolute atomic E-state index is 0.0115. The molecule has 0 radical (unpaired) electrons. The van der Waals surface area contributed by atoms with Crippen LogP contribution in [0.15, 0.2) is 60.2 Å². The monoisotopic (exact) mass is 448 g/mol. The molecule has 1 aliphatic carbocycles. The molecule has 2 amide bonds. The van der Waals surface area contributed by atoms with Gasteiger partial charge in [0.05, 0.1) is 0 Å². The Morgan fingerprint density at radius 1 is 1.09 bits per heavy atom. The Hall–Kier alpha value is -3.61. The van der Waals surface area contributed by atoms with Crippen LogP contribution < -0.4 is 5.32 Å². The fourth-order valence-electron chi connectivity index (χ4n) is 4.63. The van der Waals surface area contributed by atoms with Crippen molar-refractivity contribution < 1.29 is 24.2 Å². The first kappa shape index (κ1) is 22.6. The molecule has 1 atom stereocenters. The standard InChI is InChI=1S/C26H28N2O5/c1-17-7-6-14-28(15-17)25(31)23(12-13-24(29)30)27-26(32)33-16-22-20-10-4-2-8-18(20)19-9-3-5-11-21(19)22/h2-5,7-11,22-23H,6,12-16H2,1H3,(H,27,32)(H,29,30). The number of aliphatic carboxylic acids is 1. The predicted molar refractivity (Wildman–Crippen MR) is 124 cm³/mol. The second-order valence-electron chi connectivity index (χ2n) is 8.55. The molecule has 2 aliphatic rings. The fourth-order valence-corrected chi connectivity index (χ4v) is 4.63. The number of alkyl carbamates (subject to hydrolysis) is 1. The summed E-state index contributed by atoms with van der Waals surface area (Å²) in [5.41, 5.74) is 5.53. The molecule has 1 unspecified atom stereocenters. The third-order valence-electron chi connectivity index (χ3n) is 6.22. The van der Waals surface area contributed by atoms with Gasteiger partial charge in [0.1, 0.15) is 12.6 Å². The number of ether oxygens (including phenoxy) is 1. The molecule has 1 aliphatic heterocycles. The summed E-state index contributed by atoms with van der Waals surface area (Å²) in [7, 11) is 0. The van der Waals surface area contributed by atoms with Crippen LogP contribution in [0.2, 0.25) is 0 Å². The number of carbonyl (C=O) groups is 3. The molecule has 0 fully saturated rings. The number of carboxylic acid groups (broad SMARTS) is 1. The van der Waals surface area contributed by atoms with Crippen molar-refractivity contribution in [3.05, 3.63) is 71.3 Å². The molecular weight excluding hydrogens is 420 g/mol. The lowest BCUT2D eigenvalue weighted by atomic mass is 9.98. The van der Waals surface area contributed by atoms with Gasteiger partial charge in [0, 0.05) is 25.4 Å². The number of hydrogen-bond acceptors (Lipinski definition) is 4. The SMILES string of the molecule is CC1=CCCN(C(=O)C(CCC(=O)O)NC(=O)OCC2c3ccccc3-c3ccccc32)C1. The van der Waals surface area contributed by atoms with Crippen LogP contribution in [0.1, 0.15) is 43.2 Å². The van der Waals surface area contributed by atoms with Gasteiger partial charge < -0.3 is 20.1 Å². The highest BCUT2D eigenvalue weighted by Gasteiger charge is 2.31. The number of fused-ring (bicyclic) bond motifs is 3. The number of amides is 2. The van der Waals surface area contributed by atoms with Crippen molar-refractivity contribution in [1.82, 2.24) is 10.2 Å². The number of nitrogens with one attached hydrogen (secondary N) is 1. The van der Waals surface area contributed by atoms with Crippen LogP contribution in [0, 0.1) is 0 Å². The molecule has 0 saturated heterocycles. The van der Waals surface area contributed by atoms with Gasteiger partial charge >= 0.3 is 12.1 Å². The Morgan fingerprint density at radius 2 is 1.73 bits per heavy atom. The highest BCUT2D eigenvalue weighted by Crippen LogP contribution is 2.44. The number of carbonyl (C=O) groups excluding carboxylic acids is 2. The Kier molecular flexibility index (Phi) is 6.77. The average molecular weight is 449 g/mol. The van der Waals surface area contributed by atoms with E-state index in [1.807, 2.05) is 43.3 Å². The van der Waals surface area contributed by atoms with Gasteiger partial charge in [-0.1, -0.05) is 60.2 Å². The molecule has 0 spiro atoms. The predicted octanol–water partition coefficient (Wildman–Crippen LogP) is 3.94. The molecular formula is C26H28N2O5. The lowest BCUT2D eigenvalue weighted by Crippen LogP contribution is -2.50. The zero-order valence-electron chi connectivity index (χ0n) is 18.6. The van der Waals surface area contributed by atoms with E-state index in [4.69, 9.17) is 9.84 Å². The Labute approximate surface area is 193 Å². The van der Waals surface area contributed by atoms with Crippen LogP contribution in [-0.2, 0) is 14.3 Å². The highest BCUT2D eigenvalue weighted by molar-refractivity contribution is 5.86. The first-order chi connectivity index (χ1) is 15.9. The largest absolute Gasteiger partial charge is 0.481 e. The molecule has 7 heteroatoms. The van der Waals surface area contributed by atoms with E-state index in [1.165, 1.54) is 0 Å². The number of rotatable bonds is 7. The summed E-state index contributed by atoms with van der Waals surface area (Å²) in [5.74, 6) is -1.39. The Balaban J connectivity index is 1.43. The maximum atomic E-state index is 13.0. The molecule has 2 aromatic carbocycles. The summed E-state index contributed by atoms with van der Waals surface area (Å²) in [6, 6.07) is 15.2. The number of carboxylic acids is 1. The topological polar surface area (TPSA) is 95.9 Å². The summed E-state index contributed by atoms with van der Waals surface area (Å²) in [4.78, 5) is 38.4. The molecule has 7 nitrogen and oxygen atoms in total. The smallest absolute Gasteiger partial charge is 0.407 e. The van der Waals surface area contributed by atoms with E-state index in [0.29, 0.717) is 13.1 Å². The van der Waals surface area contributed by atoms with E-state index in [-0.39, 0.29) is 31.3 Å². The van der Waals surface area contributed by atoms with Gasteiger partial charge in [-0.05, 0) is 42.0 Å². The first-order valence-electron chi connectivity index (χ1n) is 11.2. The zero-order chi connectivity index (χ0) is 23.4. The maximum Gasteiger partial charge on any atom is 0.407 e. The summed E-state index contributed by atoms with van der Waals surface area (Å²) in [6.07, 6.45) is 1.90. The van der Waals surface area contributed by atoms with Gasteiger partial charge in [-0.15, -0.1) is 0 Å². The normalized spacial score (nSPS) is 15.8. The number of benzene rings is 2. The lowest BCUT2D eigenvalue weighted by Gasteiger charge is -2.30. The van der Waals surface area contributed by atoms with Crippen molar-refractivity contribution in [3.63, 3.8) is 0 Å². The molecule has 0 bridgehead atoms. The van der Waals surface area contributed by atoms with Gasteiger partial charge in [0.2, 0.25) is 5.91 Å². The summed E-state index contributed by atoms with van der Waals surface area (Å²) < 4.78 is 5.56. The minimum atomic E-state index is -1.02. The molecule has 33 heavy (non-hydrogen) atoms. The molecule has 2 aromatic rings. The van der Waals surface area contributed by atoms with Gasteiger partial charge in [0.15, 0.2) is 0 Å². The Bertz CT molecular complexity index is 1050. The molecule has 0 aromatic heterocycles. The Morgan fingerprint density at radius 3 is 2.33 bits per heavy atom. The van der Waals surface area contributed by atoms with Crippen LogP contribution in [0.25, 0.3) is 11.1 Å². The summed E-state index contributed by atoms with van der Waals surface area (Å²) >= 11 is 0. The van der Waals surface area contributed by atoms with E-state index in [9.17, 15) is 14.4 Å². The number of nitrogens with zero attached hydrogens (tertiary/aromatic N) is 1. The lowest BCUT2D eigenvalue weighted by molar-refractivity contribution is -0.138. The summed E-state index contributed by atoms with van der Waals surface area (Å²) in [6.45, 7) is 3.11. The second kappa shape index (κ2) is 9.90. The van der Waals surface area contributed by atoms with Crippen LogP contribution in [0.5, 0.6) is 0 Å². The van der Waals surface area contributed by atoms with E-state index < -0.39 is 18.1 Å². The fraction of sp³-hybridized carbons (Fsp3) is 0.346. The second-order valence-corrected chi connectivity index (χ2v) is 8.55. The van der Waals surface area contributed by atoms with Gasteiger partial charge in [0.25, 0.3) is 0 Å². The van der Waals surface area contributed by atoms with Gasteiger partial charge in [-0.2, -0.15) is 0 Å². The average Bonchev–Trinajstić information content (AvgIpc) is 3.13. The van der Waals surface area contributed by atoms with Crippen molar-refractivity contribution in [2.45, 2.75) is 38.1 Å².